The maximum absolute atomic E-state index is 9.04. The molecule has 0 saturated heterocycles. The van der Waals surface area contributed by atoms with E-state index in [1.54, 1.807) is 5.41 Å². The molecule has 0 saturated carbocycles. The van der Waals surface area contributed by atoms with Gasteiger partial charge in [0.25, 0.3) is 0 Å². The molecule has 0 aromatic rings. The summed E-state index contributed by atoms with van der Waals surface area (Å²) in [6, 6.07) is 0. The van der Waals surface area contributed by atoms with E-state index in [1.165, 1.54) is 89.9 Å². The van der Waals surface area contributed by atoms with Crippen LogP contribution in [0.15, 0.2) is 11.5 Å². The molecule has 0 rings (SSSR count). The fraction of sp³-hybridized carbons (Fsp3) is 0.889. The van der Waals surface area contributed by atoms with E-state index in [2.05, 4.69) is 18.7 Å². The summed E-state index contributed by atoms with van der Waals surface area (Å²) in [5.74, 6) is 0. The molecule has 23 heavy (non-hydrogen) atoms. The van der Waals surface area contributed by atoms with Crippen LogP contribution in [0.3, 0.4) is 0 Å². The Balaban J connectivity index is 3.09. The summed E-state index contributed by atoms with van der Waals surface area (Å²) in [6.45, 7) is 2.27. The van der Waals surface area contributed by atoms with Gasteiger partial charge in [-0.2, -0.15) is 0 Å². The zero-order chi connectivity index (χ0) is 17.2. The summed E-state index contributed by atoms with van der Waals surface area (Å²) in [5.41, 5.74) is -3.09. The van der Waals surface area contributed by atoms with Gasteiger partial charge in [-0.3, -0.25) is 0 Å². The summed E-state index contributed by atoms with van der Waals surface area (Å²) >= 11 is 5.51. The van der Waals surface area contributed by atoms with E-state index >= 15 is 0 Å². The molecule has 0 aliphatic carbocycles. The second kappa shape index (κ2) is 17.5. The maximum Gasteiger partial charge on any atom is 0.246 e. The van der Waals surface area contributed by atoms with Crippen molar-refractivity contribution in [1.29, 1.82) is 0 Å². The third-order valence-corrected chi connectivity index (χ3v) is 6.57. The normalized spacial score (nSPS) is 12.3. The number of rotatable bonds is 17. The quantitative estimate of drug-likeness (QED) is 0.205. The van der Waals surface area contributed by atoms with Gasteiger partial charge in [-0.05, 0) is 41.4 Å². The van der Waals surface area contributed by atoms with Crippen molar-refractivity contribution in [3.05, 3.63) is 11.5 Å². The van der Waals surface area contributed by atoms with E-state index in [1.807, 2.05) is 6.08 Å². The molecular formula is C18H37O2PS2. The van der Waals surface area contributed by atoms with Crippen LogP contribution >= 0.6 is 17.1 Å². The monoisotopic (exact) mass is 380 g/mol. The first kappa shape index (κ1) is 23.7. The second-order valence-electron chi connectivity index (χ2n) is 6.35. The molecule has 0 spiro atoms. The van der Waals surface area contributed by atoms with Crippen LogP contribution in [0.1, 0.15) is 103 Å². The fourth-order valence-corrected chi connectivity index (χ4v) is 4.21. The predicted octanol–water partition coefficient (Wildman–Crippen LogP) is 7.31. The molecule has 0 heterocycles. The Morgan fingerprint density at radius 2 is 1.13 bits per heavy atom. The van der Waals surface area contributed by atoms with Gasteiger partial charge in [-0.1, -0.05) is 96.5 Å². The van der Waals surface area contributed by atoms with Crippen LogP contribution in [0.4, 0.5) is 0 Å². The van der Waals surface area contributed by atoms with Crippen LogP contribution in [0, 0.1) is 0 Å². The fourth-order valence-electron chi connectivity index (χ4n) is 2.65. The molecule has 2 nitrogen and oxygen atoms in total. The lowest BCUT2D eigenvalue weighted by atomic mass is 10.0. The molecular weight excluding hydrogens is 343 g/mol. The van der Waals surface area contributed by atoms with Crippen molar-refractivity contribution in [1.82, 2.24) is 0 Å². The van der Waals surface area contributed by atoms with Crippen LogP contribution < -0.4 is 0 Å². The zero-order valence-corrected chi connectivity index (χ0v) is 17.4. The van der Waals surface area contributed by atoms with Crippen molar-refractivity contribution < 1.29 is 9.79 Å². The molecule has 0 unspecified atom stereocenters. The number of allylic oxidation sites excluding steroid dienone is 1. The Hall–Kier alpha value is 0.660. The summed E-state index contributed by atoms with van der Waals surface area (Å²) < 4.78 is 0. The number of hydrogen-bond donors (Lipinski definition) is 2. The van der Waals surface area contributed by atoms with Gasteiger partial charge in [0, 0.05) is 0 Å². The Bertz CT molecular complexity index is 316. The lowest BCUT2D eigenvalue weighted by molar-refractivity contribution is 0.502. The minimum absolute atomic E-state index is 0.977. The average Bonchev–Trinajstić information content (AvgIpc) is 2.49. The Labute approximate surface area is 153 Å². The molecule has 0 amide bonds. The van der Waals surface area contributed by atoms with Gasteiger partial charge in [-0.25, -0.2) is 0 Å². The van der Waals surface area contributed by atoms with Crippen LogP contribution in [0.5, 0.6) is 0 Å². The zero-order valence-electron chi connectivity index (χ0n) is 14.9. The topological polar surface area (TPSA) is 40.5 Å². The smallest absolute Gasteiger partial charge is 0.246 e. The van der Waals surface area contributed by atoms with E-state index in [-0.39, 0.29) is 0 Å². The van der Waals surface area contributed by atoms with E-state index in [0.29, 0.717) is 0 Å². The molecule has 0 aromatic heterocycles. The first-order valence-corrected chi connectivity index (χ1v) is 13.6. The van der Waals surface area contributed by atoms with E-state index < -0.39 is 5.69 Å². The Kier molecular flexibility index (Phi) is 18.0. The standard InChI is InChI=1S/C18H37O2PS2/c1-2-3-4-5-6-7-8-9-10-11-12-13-14-15-16-17-18-23-21(19,20)22/h17-18H,2-16H2,1H3,(H2,19,20,22). The highest BCUT2D eigenvalue weighted by atomic mass is 32.9. The minimum Gasteiger partial charge on any atom is -0.337 e. The van der Waals surface area contributed by atoms with Gasteiger partial charge in [0.1, 0.15) is 0 Å². The second-order valence-corrected chi connectivity index (χ2v) is 12.2. The molecule has 0 aliphatic heterocycles. The van der Waals surface area contributed by atoms with Crippen LogP contribution in [0.25, 0.3) is 0 Å². The van der Waals surface area contributed by atoms with Gasteiger partial charge in [0.2, 0.25) is 5.69 Å². The van der Waals surface area contributed by atoms with Crippen molar-refractivity contribution in [2.45, 2.75) is 103 Å². The Morgan fingerprint density at radius 3 is 1.52 bits per heavy atom. The molecule has 0 fully saturated rings. The maximum atomic E-state index is 9.04. The molecule has 0 bridgehead atoms. The molecule has 5 heteroatoms. The number of unbranched alkanes of at least 4 members (excludes halogenated alkanes) is 14. The van der Waals surface area contributed by atoms with Gasteiger partial charge in [-0.15, -0.1) is 0 Å². The van der Waals surface area contributed by atoms with Crippen molar-refractivity contribution in [2.24, 2.45) is 0 Å². The summed E-state index contributed by atoms with van der Waals surface area (Å²) in [7, 11) is 0. The molecule has 0 aromatic carbocycles. The van der Waals surface area contributed by atoms with Gasteiger partial charge >= 0.3 is 0 Å². The lowest BCUT2D eigenvalue weighted by Gasteiger charge is -2.03. The first-order chi connectivity index (χ1) is 11.1. The SMILES string of the molecule is CCCCCCCCCCCCCCCCC=CSP(O)(O)=S. The molecule has 2 N–H and O–H groups in total. The molecule has 0 aliphatic rings. The largest absolute Gasteiger partial charge is 0.337 e. The van der Waals surface area contributed by atoms with Crippen LogP contribution in [-0.4, -0.2) is 9.79 Å². The van der Waals surface area contributed by atoms with E-state index in [9.17, 15) is 0 Å². The summed E-state index contributed by atoms with van der Waals surface area (Å²) in [4.78, 5) is 18.1. The number of hydrogen-bond acceptors (Lipinski definition) is 2. The van der Waals surface area contributed by atoms with E-state index in [4.69, 9.17) is 9.79 Å². The highest BCUT2D eigenvalue weighted by Crippen LogP contribution is 2.51. The summed E-state index contributed by atoms with van der Waals surface area (Å²) in [6.07, 6.45) is 22.3. The lowest BCUT2D eigenvalue weighted by Crippen LogP contribution is -1.83. The van der Waals surface area contributed by atoms with Crippen molar-refractivity contribution >= 4 is 28.9 Å². The molecule has 0 radical (unpaired) electrons. The third-order valence-electron chi connectivity index (χ3n) is 4.02. The predicted molar refractivity (Wildman–Crippen MR) is 110 cm³/mol. The highest BCUT2D eigenvalue weighted by Gasteiger charge is 2.03. The highest BCUT2D eigenvalue weighted by molar-refractivity contribution is 8.68. The van der Waals surface area contributed by atoms with Crippen molar-refractivity contribution in [3.8, 4) is 0 Å². The minimum atomic E-state index is -3.09. The third kappa shape index (κ3) is 22.7. The van der Waals surface area contributed by atoms with Gasteiger partial charge in [0.05, 0.1) is 0 Å². The van der Waals surface area contributed by atoms with Crippen molar-refractivity contribution in [3.63, 3.8) is 0 Å². The van der Waals surface area contributed by atoms with Gasteiger partial charge < -0.3 is 9.79 Å². The van der Waals surface area contributed by atoms with Crippen molar-refractivity contribution in [2.75, 3.05) is 0 Å². The Morgan fingerprint density at radius 1 is 0.739 bits per heavy atom. The van der Waals surface area contributed by atoms with Gasteiger partial charge in [0.15, 0.2) is 0 Å². The average molecular weight is 381 g/mol. The summed E-state index contributed by atoms with van der Waals surface area (Å²) in [5, 5.41) is 1.74. The molecule has 0 atom stereocenters. The van der Waals surface area contributed by atoms with E-state index in [0.717, 1.165) is 17.8 Å². The van der Waals surface area contributed by atoms with Crippen LogP contribution in [-0.2, 0) is 11.8 Å². The first-order valence-electron chi connectivity index (χ1n) is 9.45. The molecule has 138 valence electrons. The van der Waals surface area contributed by atoms with Crippen LogP contribution in [0.2, 0.25) is 0 Å².